The maximum Gasteiger partial charge on any atom is 0.218 e. The molecule has 96 valence electrons. The molecule has 0 heterocycles. The molecule has 0 aromatic heterocycles. The Morgan fingerprint density at radius 1 is 1.29 bits per heavy atom. The Hall–Kier alpha value is -0.580. The summed E-state index contributed by atoms with van der Waals surface area (Å²) < 4.78 is 25.5. The molecule has 0 aliphatic heterocycles. The second-order valence-corrected chi connectivity index (χ2v) is 6.62. The van der Waals surface area contributed by atoms with Crippen LogP contribution in [-0.2, 0) is 21.7 Å². The number of alkyl halides is 1. The van der Waals surface area contributed by atoms with Crippen LogP contribution in [0.5, 0.6) is 0 Å². The van der Waals surface area contributed by atoms with Gasteiger partial charge in [0.15, 0.2) is 0 Å². The second kappa shape index (κ2) is 5.85. The summed E-state index contributed by atoms with van der Waals surface area (Å²) in [5.41, 5.74) is 1.71. The molecule has 0 bridgehead atoms. The van der Waals surface area contributed by atoms with E-state index in [9.17, 15) is 8.42 Å². The van der Waals surface area contributed by atoms with Gasteiger partial charge in [-0.05, 0) is 25.0 Å². The van der Waals surface area contributed by atoms with Crippen molar-refractivity contribution in [2.24, 2.45) is 0 Å². The zero-order valence-electron chi connectivity index (χ0n) is 10.4. The Bertz CT molecular complexity index is 471. The molecule has 0 aliphatic rings. The Balaban J connectivity index is 2.90. The van der Waals surface area contributed by atoms with Crippen LogP contribution in [0.3, 0.4) is 0 Å². The number of halogens is 1. The van der Waals surface area contributed by atoms with E-state index in [0.29, 0.717) is 5.88 Å². The van der Waals surface area contributed by atoms with Gasteiger partial charge in [0.05, 0.1) is 5.75 Å². The molecule has 0 unspecified atom stereocenters. The van der Waals surface area contributed by atoms with Crippen LogP contribution >= 0.6 is 11.6 Å². The summed E-state index contributed by atoms with van der Waals surface area (Å²) in [6.45, 7) is 3.71. The molecular formula is C12H18ClNO2S. The van der Waals surface area contributed by atoms with Crippen molar-refractivity contribution in [2.75, 3.05) is 7.05 Å². The van der Waals surface area contributed by atoms with Crippen molar-refractivity contribution in [1.82, 2.24) is 4.31 Å². The summed E-state index contributed by atoms with van der Waals surface area (Å²) in [5.74, 6) is 0.417. The Morgan fingerprint density at radius 3 is 2.41 bits per heavy atom. The molecule has 1 aromatic rings. The Kier molecular flexibility index (Phi) is 4.98. The molecule has 0 radical (unpaired) electrons. The predicted molar refractivity (Wildman–Crippen MR) is 71.5 cm³/mol. The second-order valence-electron chi connectivity index (χ2n) is 4.32. The molecule has 0 amide bonds. The molecule has 0 fully saturated rings. The number of benzene rings is 1. The zero-order valence-corrected chi connectivity index (χ0v) is 11.9. The van der Waals surface area contributed by atoms with Crippen LogP contribution in [-0.4, -0.2) is 25.8 Å². The minimum atomic E-state index is -3.25. The molecule has 0 N–H and O–H groups in total. The lowest BCUT2D eigenvalue weighted by Gasteiger charge is -2.21. The average molecular weight is 276 g/mol. The maximum absolute atomic E-state index is 12.0. The van der Waals surface area contributed by atoms with Gasteiger partial charge in [-0.25, -0.2) is 12.7 Å². The monoisotopic (exact) mass is 275 g/mol. The van der Waals surface area contributed by atoms with Crippen molar-refractivity contribution >= 4 is 21.6 Å². The molecule has 0 atom stereocenters. The fourth-order valence-electron chi connectivity index (χ4n) is 1.44. The van der Waals surface area contributed by atoms with Gasteiger partial charge in [-0.2, -0.15) is 0 Å². The highest BCUT2D eigenvalue weighted by Crippen LogP contribution is 2.14. The van der Waals surface area contributed by atoms with Gasteiger partial charge in [-0.15, -0.1) is 11.6 Å². The molecule has 3 nitrogen and oxygen atoms in total. The summed E-state index contributed by atoms with van der Waals surface area (Å²) >= 11 is 5.72. The molecule has 5 heteroatoms. The molecular weight excluding hydrogens is 258 g/mol. The molecule has 17 heavy (non-hydrogen) atoms. The minimum Gasteiger partial charge on any atom is -0.212 e. The fourth-order valence-corrected chi connectivity index (χ4v) is 3.05. The van der Waals surface area contributed by atoms with E-state index in [1.165, 1.54) is 4.31 Å². The van der Waals surface area contributed by atoms with Gasteiger partial charge in [0.2, 0.25) is 10.0 Å². The number of hydrogen-bond donors (Lipinski definition) is 0. The van der Waals surface area contributed by atoms with Crippen LogP contribution in [0, 0.1) is 0 Å². The standard InChI is InChI=1S/C12H18ClNO2S/c1-10(2)14(3)17(15,16)9-12-6-4-5-11(7-12)8-13/h4-7,10H,8-9H2,1-3H3. The summed E-state index contributed by atoms with van der Waals surface area (Å²) in [5, 5.41) is 0. The van der Waals surface area contributed by atoms with E-state index in [1.807, 2.05) is 38.1 Å². The predicted octanol–water partition coefficient (Wildman–Crippen LogP) is 2.60. The van der Waals surface area contributed by atoms with Crippen molar-refractivity contribution in [3.8, 4) is 0 Å². The highest BCUT2D eigenvalue weighted by molar-refractivity contribution is 7.88. The van der Waals surface area contributed by atoms with Gasteiger partial charge in [0.1, 0.15) is 0 Å². The third kappa shape index (κ3) is 3.98. The van der Waals surface area contributed by atoms with Gasteiger partial charge >= 0.3 is 0 Å². The van der Waals surface area contributed by atoms with Crippen LogP contribution in [0.15, 0.2) is 24.3 Å². The van der Waals surface area contributed by atoms with Crippen LogP contribution in [0.25, 0.3) is 0 Å². The van der Waals surface area contributed by atoms with Crippen LogP contribution in [0.1, 0.15) is 25.0 Å². The first-order valence-electron chi connectivity index (χ1n) is 5.46. The van der Waals surface area contributed by atoms with Crippen molar-refractivity contribution in [3.63, 3.8) is 0 Å². The van der Waals surface area contributed by atoms with Crippen LogP contribution in [0.4, 0.5) is 0 Å². The largest absolute Gasteiger partial charge is 0.218 e. The van der Waals surface area contributed by atoms with Crippen molar-refractivity contribution < 1.29 is 8.42 Å². The van der Waals surface area contributed by atoms with E-state index in [1.54, 1.807) is 7.05 Å². The number of nitrogens with zero attached hydrogens (tertiary/aromatic N) is 1. The quantitative estimate of drug-likeness (QED) is 0.775. The minimum absolute atomic E-state index is 0.0202. The van der Waals surface area contributed by atoms with Gasteiger partial charge < -0.3 is 0 Å². The van der Waals surface area contributed by atoms with E-state index < -0.39 is 10.0 Å². The van der Waals surface area contributed by atoms with Gasteiger partial charge in [0, 0.05) is 19.0 Å². The topological polar surface area (TPSA) is 37.4 Å². The van der Waals surface area contributed by atoms with E-state index >= 15 is 0 Å². The van der Waals surface area contributed by atoms with E-state index in [0.717, 1.165) is 11.1 Å². The first-order chi connectivity index (χ1) is 7.86. The lowest BCUT2D eigenvalue weighted by molar-refractivity contribution is 0.410. The third-order valence-electron chi connectivity index (χ3n) is 2.66. The summed E-state index contributed by atoms with van der Waals surface area (Å²) in [6, 6.07) is 7.32. The highest BCUT2D eigenvalue weighted by Gasteiger charge is 2.20. The van der Waals surface area contributed by atoms with Crippen molar-refractivity contribution in [1.29, 1.82) is 0 Å². The lowest BCUT2D eigenvalue weighted by atomic mass is 10.2. The van der Waals surface area contributed by atoms with Gasteiger partial charge in [0.25, 0.3) is 0 Å². The van der Waals surface area contributed by atoms with Gasteiger partial charge in [-0.3, -0.25) is 0 Å². The molecule has 0 saturated carbocycles. The van der Waals surface area contributed by atoms with Crippen LogP contribution < -0.4 is 0 Å². The first-order valence-corrected chi connectivity index (χ1v) is 7.60. The average Bonchev–Trinajstić information content (AvgIpc) is 2.27. The normalized spacial score (nSPS) is 12.4. The van der Waals surface area contributed by atoms with Crippen molar-refractivity contribution in [3.05, 3.63) is 35.4 Å². The maximum atomic E-state index is 12.0. The number of hydrogen-bond acceptors (Lipinski definition) is 2. The van der Waals surface area contributed by atoms with E-state index in [4.69, 9.17) is 11.6 Å². The highest BCUT2D eigenvalue weighted by atomic mass is 35.5. The van der Waals surface area contributed by atoms with Crippen molar-refractivity contribution in [2.45, 2.75) is 31.5 Å². The summed E-state index contributed by atoms with van der Waals surface area (Å²) in [6.07, 6.45) is 0. The van der Waals surface area contributed by atoms with Crippen LogP contribution in [0.2, 0.25) is 0 Å². The number of rotatable bonds is 5. The molecule has 0 saturated heterocycles. The lowest BCUT2D eigenvalue weighted by Crippen LogP contribution is -2.33. The fraction of sp³-hybridized carbons (Fsp3) is 0.500. The Labute approximate surface area is 108 Å². The molecule has 1 aromatic carbocycles. The zero-order chi connectivity index (χ0) is 13.1. The Morgan fingerprint density at radius 2 is 1.88 bits per heavy atom. The van der Waals surface area contributed by atoms with E-state index in [-0.39, 0.29) is 11.8 Å². The third-order valence-corrected chi connectivity index (χ3v) is 4.97. The SMILES string of the molecule is CC(C)N(C)S(=O)(=O)Cc1cccc(CCl)c1. The number of sulfonamides is 1. The summed E-state index contributed by atoms with van der Waals surface area (Å²) in [4.78, 5) is 0. The van der Waals surface area contributed by atoms with Gasteiger partial charge in [-0.1, -0.05) is 24.3 Å². The molecule has 0 spiro atoms. The molecule has 0 aliphatic carbocycles. The molecule has 1 rings (SSSR count). The smallest absolute Gasteiger partial charge is 0.212 e. The van der Waals surface area contributed by atoms with E-state index in [2.05, 4.69) is 0 Å². The summed E-state index contributed by atoms with van der Waals surface area (Å²) in [7, 11) is -1.64. The first kappa shape index (κ1) is 14.5.